The van der Waals surface area contributed by atoms with Gasteiger partial charge in [0.2, 0.25) is 0 Å². The third-order valence-electron chi connectivity index (χ3n) is 3.87. The maximum absolute atomic E-state index is 12.2. The van der Waals surface area contributed by atoms with E-state index in [-0.39, 0.29) is 5.78 Å². The number of likely N-dealkylation sites (N-methyl/N-ethyl adjacent to an activating group) is 1. The zero-order chi connectivity index (χ0) is 13.1. The topological polar surface area (TPSA) is 20.3 Å². The van der Waals surface area contributed by atoms with Gasteiger partial charge in [0.25, 0.3) is 0 Å². The van der Waals surface area contributed by atoms with Gasteiger partial charge < -0.3 is 0 Å². The molecular formula is C14H20BrNOS. The summed E-state index contributed by atoms with van der Waals surface area (Å²) in [6.45, 7) is 2.86. The van der Waals surface area contributed by atoms with Crippen LogP contribution in [0.2, 0.25) is 0 Å². The van der Waals surface area contributed by atoms with Gasteiger partial charge >= 0.3 is 0 Å². The van der Waals surface area contributed by atoms with Crippen LogP contribution in [-0.4, -0.2) is 30.3 Å². The van der Waals surface area contributed by atoms with E-state index < -0.39 is 0 Å². The molecule has 2 atom stereocenters. The molecule has 0 spiro atoms. The van der Waals surface area contributed by atoms with Crippen LogP contribution >= 0.6 is 27.3 Å². The van der Waals surface area contributed by atoms with E-state index in [1.165, 1.54) is 37.0 Å². The number of Topliss-reactive ketones (excluding diaryl/α,β-unsaturated/α-hetero) is 1. The van der Waals surface area contributed by atoms with Crippen molar-refractivity contribution in [1.29, 1.82) is 0 Å². The molecule has 1 saturated carbocycles. The third-order valence-corrected chi connectivity index (χ3v) is 5.54. The summed E-state index contributed by atoms with van der Waals surface area (Å²) in [6, 6.07) is 4.43. The standard InChI is InChI=1S/C14H20BrNOS/c1-10-5-3-4-6-11(10)16(2)9-12(17)13-7-8-14(15)18-13/h7-8,10-11H,3-6,9H2,1-2H3. The fraction of sp³-hybridized carbons (Fsp3) is 0.643. The maximum Gasteiger partial charge on any atom is 0.186 e. The Morgan fingerprint density at radius 3 is 2.78 bits per heavy atom. The first-order valence-electron chi connectivity index (χ1n) is 6.56. The normalized spacial score (nSPS) is 24.4. The van der Waals surface area contributed by atoms with Crippen molar-refractivity contribution < 1.29 is 4.79 Å². The SMILES string of the molecule is CC1CCCCC1N(C)CC(=O)c1ccc(Br)s1. The third kappa shape index (κ3) is 3.43. The summed E-state index contributed by atoms with van der Waals surface area (Å²) in [7, 11) is 2.09. The van der Waals surface area contributed by atoms with Crippen LogP contribution in [0.3, 0.4) is 0 Å². The van der Waals surface area contributed by atoms with Crippen molar-refractivity contribution in [1.82, 2.24) is 4.90 Å². The summed E-state index contributed by atoms with van der Waals surface area (Å²) in [6.07, 6.45) is 5.18. The number of nitrogens with zero attached hydrogens (tertiary/aromatic N) is 1. The van der Waals surface area contributed by atoms with E-state index in [1.54, 1.807) is 0 Å². The lowest BCUT2D eigenvalue weighted by atomic mass is 9.85. The molecule has 1 aromatic heterocycles. The lowest BCUT2D eigenvalue weighted by molar-refractivity contribution is 0.0855. The van der Waals surface area contributed by atoms with Crippen molar-refractivity contribution in [3.8, 4) is 0 Å². The number of hydrogen-bond donors (Lipinski definition) is 0. The summed E-state index contributed by atoms with van der Waals surface area (Å²) in [4.78, 5) is 15.3. The molecular weight excluding hydrogens is 310 g/mol. The molecule has 1 aliphatic rings. The Labute approximate surface area is 122 Å². The molecule has 0 radical (unpaired) electrons. The molecule has 2 rings (SSSR count). The van der Waals surface area contributed by atoms with Gasteiger partial charge in [-0.15, -0.1) is 11.3 Å². The second kappa shape index (κ2) is 6.31. The highest BCUT2D eigenvalue weighted by Crippen LogP contribution is 2.28. The quantitative estimate of drug-likeness (QED) is 0.771. The van der Waals surface area contributed by atoms with E-state index in [4.69, 9.17) is 0 Å². The number of rotatable bonds is 4. The van der Waals surface area contributed by atoms with Crippen molar-refractivity contribution in [2.24, 2.45) is 5.92 Å². The van der Waals surface area contributed by atoms with Crippen molar-refractivity contribution in [2.75, 3.05) is 13.6 Å². The average Bonchev–Trinajstić information content (AvgIpc) is 2.76. The molecule has 1 fully saturated rings. The Morgan fingerprint density at radius 2 is 2.17 bits per heavy atom. The predicted molar refractivity (Wildman–Crippen MR) is 80.4 cm³/mol. The first-order valence-corrected chi connectivity index (χ1v) is 8.17. The summed E-state index contributed by atoms with van der Waals surface area (Å²) >= 11 is 4.93. The summed E-state index contributed by atoms with van der Waals surface area (Å²) < 4.78 is 1.03. The van der Waals surface area contributed by atoms with Gasteiger partial charge in [0.1, 0.15) is 0 Å². The van der Waals surface area contributed by atoms with Crippen LogP contribution in [0, 0.1) is 5.92 Å². The van der Waals surface area contributed by atoms with Gasteiger partial charge in [-0.05, 0) is 53.9 Å². The van der Waals surface area contributed by atoms with Crippen LogP contribution in [-0.2, 0) is 0 Å². The lowest BCUT2D eigenvalue weighted by Gasteiger charge is -2.35. The molecule has 1 aliphatic carbocycles. The van der Waals surface area contributed by atoms with Crippen LogP contribution in [0.1, 0.15) is 42.3 Å². The first-order chi connectivity index (χ1) is 8.58. The molecule has 0 aromatic carbocycles. The maximum atomic E-state index is 12.2. The fourth-order valence-electron chi connectivity index (χ4n) is 2.84. The van der Waals surface area contributed by atoms with Gasteiger partial charge in [-0.2, -0.15) is 0 Å². The molecule has 0 saturated heterocycles. The zero-order valence-corrected chi connectivity index (χ0v) is 13.4. The Morgan fingerprint density at radius 1 is 1.44 bits per heavy atom. The van der Waals surface area contributed by atoms with E-state index in [0.29, 0.717) is 18.5 Å². The van der Waals surface area contributed by atoms with Crippen molar-refractivity contribution in [2.45, 2.75) is 38.6 Å². The molecule has 0 N–H and O–H groups in total. The van der Waals surface area contributed by atoms with Crippen LogP contribution < -0.4 is 0 Å². The van der Waals surface area contributed by atoms with Crippen molar-refractivity contribution in [3.63, 3.8) is 0 Å². The largest absolute Gasteiger partial charge is 0.296 e. The number of halogens is 1. The van der Waals surface area contributed by atoms with E-state index in [0.717, 1.165) is 8.66 Å². The second-order valence-corrected chi connectivity index (χ2v) is 7.73. The number of carbonyl (C=O) groups excluding carboxylic acids is 1. The molecule has 0 aliphatic heterocycles. The molecule has 1 heterocycles. The highest BCUT2D eigenvalue weighted by molar-refractivity contribution is 9.11. The Bertz CT molecular complexity index is 418. The Hall–Kier alpha value is -0.190. The van der Waals surface area contributed by atoms with Gasteiger partial charge in [-0.3, -0.25) is 9.69 Å². The smallest absolute Gasteiger partial charge is 0.186 e. The number of ketones is 1. The minimum absolute atomic E-state index is 0.242. The van der Waals surface area contributed by atoms with Crippen LogP contribution in [0.4, 0.5) is 0 Å². The van der Waals surface area contributed by atoms with E-state index in [1.807, 2.05) is 12.1 Å². The lowest BCUT2D eigenvalue weighted by Crippen LogP contribution is -2.41. The van der Waals surface area contributed by atoms with Gasteiger partial charge in [-0.25, -0.2) is 0 Å². The molecule has 4 heteroatoms. The first kappa shape index (κ1) is 14.2. The van der Waals surface area contributed by atoms with Crippen molar-refractivity contribution in [3.05, 3.63) is 20.8 Å². The van der Waals surface area contributed by atoms with Crippen LogP contribution in [0.15, 0.2) is 15.9 Å². The van der Waals surface area contributed by atoms with E-state index in [2.05, 4.69) is 34.8 Å². The van der Waals surface area contributed by atoms with Crippen LogP contribution in [0.25, 0.3) is 0 Å². The van der Waals surface area contributed by atoms with Gasteiger partial charge in [-0.1, -0.05) is 19.8 Å². The Balaban J connectivity index is 1.94. The number of carbonyl (C=O) groups is 1. The van der Waals surface area contributed by atoms with Gasteiger partial charge in [0, 0.05) is 6.04 Å². The zero-order valence-electron chi connectivity index (χ0n) is 11.0. The van der Waals surface area contributed by atoms with Gasteiger partial charge in [0.15, 0.2) is 5.78 Å². The molecule has 2 nitrogen and oxygen atoms in total. The number of hydrogen-bond acceptors (Lipinski definition) is 3. The minimum Gasteiger partial charge on any atom is -0.296 e. The highest BCUT2D eigenvalue weighted by atomic mass is 79.9. The average molecular weight is 330 g/mol. The molecule has 1 aromatic rings. The molecule has 0 amide bonds. The predicted octanol–water partition coefficient (Wildman–Crippen LogP) is 4.20. The fourth-order valence-corrected chi connectivity index (χ4v) is 4.15. The van der Waals surface area contributed by atoms with Crippen LogP contribution in [0.5, 0.6) is 0 Å². The Kier molecular flexibility index (Phi) is 4.98. The van der Waals surface area contributed by atoms with Crippen molar-refractivity contribution >= 4 is 33.0 Å². The highest BCUT2D eigenvalue weighted by Gasteiger charge is 2.26. The summed E-state index contributed by atoms with van der Waals surface area (Å²) in [5.41, 5.74) is 0. The second-order valence-electron chi connectivity index (χ2n) is 5.27. The van der Waals surface area contributed by atoms with E-state index in [9.17, 15) is 4.79 Å². The summed E-state index contributed by atoms with van der Waals surface area (Å²) in [5, 5.41) is 0. The van der Waals surface area contributed by atoms with E-state index >= 15 is 0 Å². The monoisotopic (exact) mass is 329 g/mol. The molecule has 100 valence electrons. The number of thiophene rings is 1. The van der Waals surface area contributed by atoms with Gasteiger partial charge in [0.05, 0.1) is 15.2 Å². The molecule has 0 bridgehead atoms. The minimum atomic E-state index is 0.242. The molecule has 2 unspecified atom stereocenters. The summed E-state index contributed by atoms with van der Waals surface area (Å²) in [5.74, 6) is 0.956. The molecule has 18 heavy (non-hydrogen) atoms.